The Morgan fingerprint density at radius 1 is 1.33 bits per heavy atom. The molecule has 2 fully saturated rings. The van der Waals surface area contributed by atoms with Crippen molar-refractivity contribution in [3.8, 4) is 0 Å². The zero-order chi connectivity index (χ0) is 17.2. The van der Waals surface area contributed by atoms with Crippen molar-refractivity contribution in [3.05, 3.63) is 24.0 Å². The predicted octanol–water partition coefficient (Wildman–Crippen LogP) is 1.56. The van der Waals surface area contributed by atoms with Crippen molar-refractivity contribution in [1.29, 1.82) is 0 Å². The number of hydrogen-bond donors (Lipinski definition) is 1. The Balaban J connectivity index is 1.44. The summed E-state index contributed by atoms with van der Waals surface area (Å²) in [5, 5.41) is 2.97. The Labute approximate surface area is 143 Å². The Bertz CT molecular complexity index is 592. The molecule has 0 aromatic carbocycles. The number of piperidine rings is 1. The zero-order valence-electron chi connectivity index (χ0n) is 14.6. The van der Waals surface area contributed by atoms with Gasteiger partial charge in [-0.2, -0.15) is 0 Å². The van der Waals surface area contributed by atoms with Crippen LogP contribution in [0.3, 0.4) is 0 Å². The molecule has 0 radical (unpaired) electrons. The largest absolute Gasteiger partial charge is 0.376 e. The molecule has 24 heavy (non-hydrogen) atoms. The smallest absolute Gasteiger partial charge is 0.267 e. The first-order valence-electron chi connectivity index (χ1n) is 8.76. The first-order chi connectivity index (χ1) is 11.5. The van der Waals surface area contributed by atoms with Crippen molar-refractivity contribution in [2.24, 2.45) is 12.5 Å². The second kappa shape index (κ2) is 6.97. The van der Waals surface area contributed by atoms with E-state index in [2.05, 4.69) is 5.32 Å². The molecule has 1 unspecified atom stereocenters. The van der Waals surface area contributed by atoms with E-state index in [1.54, 1.807) is 6.92 Å². The number of rotatable bonds is 3. The first-order valence-corrected chi connectivity index (χ1v) is 8.76. The van der Waals surface area contributed by atoms with Crippen molar-refractivity contribution >= 4 is 11.8 Å². The van der Waals surface area contributed by atoms with Crippen LogP contribution in [0, 0.1) is 5.41 Å². The van der Waals surface area contributed by atoms with Gasteiger partial charge in [0.05, 0.1) is 12.7 Å². The first kappa shape index (κ1) is 17.0. The summed E-state index contributed by atoms with van der Waals surface area (Å²) < 4.78 is 7.85. The summed E-state index contributed by atoms with van der Waals surface area (Å²) in [6, 6.07) is 3.68. The molecule has 2 amide bonds. The van der Waals surface area contributed by atoms with Crippen LogP contribution in [0.2, 0.25) is 0 Å². The van der Waals surface area contributed by atoms with Crippen molar-refractivity contribution in [2.45, 2.75) is 38.7 Å². The van der Waals surface area contributed by atoms with Gasteiger partial charge in [0.25, 0.3) is 5.91 Å². The molecule has 0 saturated carbocycles. The van der Waals surface area contributed by atoms with Crippen LogP contribution < -0.4 is 5.32 Å². The molecule has 0 bridgehead atoms. The highest BCUT2D eigenvalue weighted by Crippen LogP contribution is 2.40. The lowest BCUT2D eigenvalue weighted by Gasteiger charge is -2.45. The van der Waals surface area contributed by atoms with E-state index in [-0.39, 0.29) is 23.3 Å². The van der Waals surface area contributed by atoms with E-state index in [0.717, 1.165) is 45.4 Å². The molecule has 1 spiro atoms. The van der Waals surface area contributed by atoms with E-state index in [0.29, 0.717) is 12.2 Å². The molecular weight excluding hydrogens is 306 g/mol. The predicted molar refractivity (Wildman–Crippen MR) is 90.6 cm³/mol. The molecule has 3 heterocycles. The van der Waals surface area contributed by atoms with E-state index in [1.807, 2.05) is 34.8 Å². The lowest BCUT2D eigenvalue weighted by molar-refractivity contribution is -0.134. The highest BCUT2D eigenvalue weighted by atomic mass is 16.5. The van der Waals surface area contributed by atoms with Crippen LogP contribution in [0.25, 0.3) is 0 Å². The van der Waals surface area contributed by atoms with E-state index in [9.17, 15) is 9.59 Å². The van der Waals surface area contributed by atoms with E-state index in [4.69, 9.17) is 4.74 Å². The van der Waals surface area contributed by atoms with Crippen LogP contribution in [0.15, 0.2) is 18.3 Å². The van der Waals surface area contributed by atoms with Gasteiger partial charge in [-0.15, -0.1) is 0 Å². The monoisotopic (exact) mass is 333 g/mol. The van der Waals surface area contributed by atoms with Gasteiger partial charge in [-0.25, -0.2) is 0 Å². The van der Waals surface area contributed by atoms with Gasteiger partial charge in [-0.05, 0) is 43.2 Å². The van der Waals surface area contributed by atoms with Gasteiger partial charge >= 0.3 is 0 Å². The molecular formula is C18H27N3O3. The minimum atomic E-state index is -0.0545. The Morgan fingerprint density at radius 2 is 2.08 bits per heavy atom. The number of ether oxygens (including phenoxy) is 1. The number of carbonyl (C=O) groups is 2. The SMILES string of the molecule is CC(=O)N1CCC2(CCC(CNC(=O)c3cccn3C)OC2)CC1. The lowest BCUT2D eigenvalue weighted by Crippen LogP contribution is -2.48. The molecule has 1 aromatic heterocycles. The Morgan fingerprint density at radius 3 is 2.62 bits per heavy atom. The molecule has 0 aliphatic carbocycles. The Kier molecular flexibility index (Phi) is 4.94. The topological polar surface area (TPSA) is 63.6 Å². The van der Waals surface area contributed by atoms with Crippen LogP contribution in [0.5, 0.6) is 0 Å². The minimum absolute atomic E-state index is 0.0545. The number of aryl methyl sites for hydroxylation is 1. The summed E-state index contributed by atoms with van der Waals surface area (Å²) in [5.41, 5.74) is 0.892. The lowest BCUT2D eigenvalue weighted by atomic mass is 9.73. The summed E-state index contributed by atoms with van der Waals surface area (Å²) in [6.45, 7) is 4.62. The van der Waals surface area contributed by atoms with E-state index >= 15 is 0 Å². The number of likely N-dealkylation sites (tertiary alicyclic amines) is 1. The van der Waals surface area contributed by atoms with Gasteiger partial charge in [-0.3, -0.25) is 9.59 Å². The molecule has 6 nitrogen and oxygen atoms in total. The molecule has 2 aliphatic heterocycles. The molecule has 3 rings (SSSR count). The second-order valence-corrected chi connectivity index (χ2v) is 7.19. The fourth-order valence-electron chi connectivity index (χ4n) is 3.76. The summed E-state index contributed by atoms with van der Waals surface area (Å²) in [7, 11) is 1.86. The average Bonchev–Trinajstić information content (AvgIpc) is 3.01. The molecule has 1 N–H and O–H groups in total. The van der Waals surface area contributed by atoms with Gasteiger partial charge in [0, 0.05) is 39.8 Å². The van der Waals surface area contributed by atoms with Gasteiger partial charge in [0.15, 0.2) is 0 Å². The standard InChI is InChI=1S/C18H27N3O3/c1-14(22)21-10-7-18(8-11-21)6-5-15(24-13-18)12-19-17(23)16-4-3-9-20(16)2/h3-4,9,15H,5-8,10-13H2,1-2H3,(H,19,23). The van der Waals surface area contributed by atoms with Crippen LogP contribution in [-0.4, -0.2) is 53.6 Å². The van der Waals surface area contributed by atoms with E-state index < -0.39 is 0 Å². The third-order valence-corrected chi connectivity index (χ3v) is 5.56. The number of amides is 2. The quantitative estimate of drug-likeness (QED) is 0.913. The maximum atomic E-state index is 12.1. The molecule has 1 aromatic rings. The van der Waals surface area contributed by atoms with Crippen LogP contribution >= 0.6 is 0 Å². The molecule has 1 atom stereocenters. The zero-order valence-corrected chi connectivity index (χ0v) is 14.6. The summed E-state index contributed by atoms with van der Waals surface area (Å²) in [4.78, 5) is 25.5. The maximum Gasteiger partial charge on any atom is 0.267 e. The molecule has 6 heteroatoms. The van der Waals surface area contributed by atoms with Crippen molar-refractivity contribution in [3.63, 3.8) is 0 Å². The third-order valence-electron chi connectivity index (χ3n) is 5.56. The number of hydrogen-bond acceptors (Lipinski definition) is 3. The Hall–Kier alpha value is -1.82. The molecule has 2 aliphatic rings. The van der Waals surface area contributed by atoms with Gasteiger partial charge in [-0.1, -0.05) is 0 Å². The van der Waals surface area contributed by atoms with Crippen LogP contribution in [0.4, 0.5) is 0 Å². The van der Waals surface area contributed by atoms with E-state index in [1.165, 1.54) is 0 Å². The number of nitrogens with one attached hydrogen (secondary N) is 1. The van der Waals surface area contributed by atoms with Gasteiger partial charge in [0.1, 0.15) is 5.69 Å². The summed E-state index contributed by atoms with van der Waals surface area (Å²) in [6.07, 6.45) is 6.08. The van der Waals surface area contributed by atoms with Crippen molar-refractivity contribution in [2.75, 3.05) is 26.2 Å². The van der Waals surface area contributed by atoms with Gasteiger partial charge < -0.3 is 19.5 Å². The highest BCUT2D eigenvalue weighted by Gasteiger charge is 2.39. The third kappa shape index (κ3) is 3.64. The molecule has 2 saturated heterocycles. The molecule has 132 valence electrons. The highest BCUT2D eigenvalue weighted by molar-refractivity contribution is 5.92. The second-order valence-electron chi connectivity index (χ2n) is 7.19. The number of aromatic nitrogens is 1. The van der Waals surface area contributed by atoms with Crippen molar-refractivity contribution < 1.29 is 14.3 Å². The number of nitrogens with zero attached hydrogens (tertiary/aromatic N) is 2. The average molecular weight is 333 g/mol. The van der Waals surface area contributed by atoms with Gasteiger partial charge in [0.2, 0.25) is 5.91 Å². The van der Waals surface area contributed by atoms with Crippen LogP contribution in [-0.2, 0) is 16.6 Å². The fraction of sp³-hybridized carbons (Fsp3) is 0.667. The fourth-order valence-corrected chi connectivity index (χ4v) is 3.76. The minimum Gasteiger partial charge on any atom is -0.376 e. The summed E-state index contributed by atoms with van der Waals surface area (Å²) >= 11 is 0. The number of carbonyl (C=O) groups excluding carboxylic acids is 2. The normalized spacial score (nSPS) is 23.2. The maximum absolute atomic E-state index is 12.1. The van der Waals surface area contributed by atoms with Crippen molar-refractivity contribution in [1.82, 2.24) is 14.8 Å². The van der Waals surface area contributed by atoms with Crippen LogP contribution in [0.1, 0.15) is 43.1 Å². The summed E-state index contributed by atoms with van der Waals surface area (Å²) in [5.74, 6) is 0.115.